The van der Waals surface area contributed by atoms with Gasteiger partial charge in [0.15, 0.2) is 11.8 Å². The van der Waals surface area contributed by atoms with Crippen molar-refractivity contribution >= 4 is 11.8 Å². The Morgan fingerprint density at radius 1 is 1.29 bits per heavy atom. The van der Waals surface area contributed by atoms with Crippen LogP contribution in [0.2, 0.25) is 0 Å². The largest absolute Gasteiger partial charge is 0.467 e. The van der Waals surface area contributed by atoms with Crippen LogP contribution in [0.4, 0.5) is 0 Å². The second-order valence-corrected chi connectivity index (χ2v) is 8.60. The van der Waals surface area contributed by atoms with E-state index in [4.69, 9.17) is 13.6 Å². The number of carbonyl (C=O) groups excluding carboxylic acids is 2. The summed E-state index contributed by atoms with van der Waals surface area (Å²) in [4.78, 5) is 29.7. The highest BCUT2D eigenvalue weighted by Crippen LogP contribution is 2.25. The third kappa shape index (κ3) is 6.36. The van der Waals surface area contributed by atoms with Gasteiger partial charge in [0.2, 0.25) is 11.7 Å². The molecule has 188 valence electrons. The third-order valence-corrected chi connectivity index (χ3v) is 5.98. The Bertz CT molecular complexity index is 1090. The minimum Gasteiger partial charge on any atom is -0.467 e. The number of nitrogens with zero attached hydrogens (tertiary/aromatic N) is 5. The molecule has 11 heteroatoms. The Labute approximate surface area is 203 Å². The van der Waals surface area contributed by atoms with Crippen LogP contribution in [0.25, 0.3) is 11.6 Å². The average Bonchev–Trinajstić information content (AvgIpc) is 3.64. The summed E-state index contributed by atoms with van der Waals surface area (Å²) in [5, 5.41) is 15.4. The van der Waals surface area contributed by atoms with Crippen LogP contribution < -0.4 is 5.32 Å². The minimum atomic E-state index is -0.907. The Hall–Kier alpha value is -3.47. The second-order valence-electron chi connectivity index (χ2n) is 8.60. The molecule has 0 radical (unpaired) electrons. The van der Waals surface area contributed by atoms with Crippen molar-refractivity contribution in [1.82, 2.24) is 30.4 Å². The second kappa shape index (κ2) is 11.8. The van der Waals surface area contributed by atoms with Gasteiger partial charge in [-0.3, -0.25) is 9.59 Å². The van der Waals surface area contributed by atoms with Crippen LogP contribution in [-0.4, -0.2) is 62.7 Å². The zero-order valence-corrected chi connectivity index (χ0v) is 20.2. The molecule has 3 heterocycles. The molecular formula is C24H32N6O5. The first kappa shape index (κ1) is 24.6. The number of furan rings is 2. The van der Waals surface area contributed by atoms with Crippen LogP contribution in [0.5, 0.6) is 0 Å². The van der Waals surface area contributed by atoms with Crippen molar-refractivity contribution < 1.29 is 23.2 Å². The standard InChI is InChI=1S/C24H32N6O5/c1-3-33-14-7-13-29(21(31)16-30-27-23(26-28-30)20-12-11-17(2)35-20)22(19-10-6-15-34-19)24(32)25-18-8-4-5-9-18/h6,10-12,15,18,22H,3-5,7-9,13-14,16H2,1-2H3,(H,25,32)/t22-/m1/s1. The summed E-state index contributed by atoms with van der Waals surface area (Å²) in [6.07, 6.45) is 6.12. The molecule has 35 heavy (non-hydrogen) atoms. The highest BCUT2D eigenvalue weighted by atomic mass is 16.5. The first-order valence-electron chi connectivity index (χ1n) is 12.1. The molecule has 1 aliphatic carbocycles. The van der Waals surface area contributed by atoms with Gasteiger partial charge in [0, 0.05) is 25.8 Å². The van der Waals surface area contributed by atoms with Crippen LogP contribution in [-0.2, 0) is 20.9 Å². The van der Waals surface area contributed by atoms with E-state index in [9.17, 15) is 9.59 Å². The fourth-order valence-electron chi connectivity index (χ4n) is 4.28. The predicted octanol–water partition coefficient (Wildman–Crippen LogP) is 2.89. The molecule has 0 aromatic carbocycles. The highest BCUT2D eigenvalue weighted by Gasteiger charge is 2.35. The zero-order chi connectivity index (χ0) is 24.6. The minimum absolute atomic E-state index is 0.108. The highest BCUT2D eigenvalue weighted by molar-refractivity contribution is 5.88. The van der Waals surface area contributed by atoms with Gasteiger partial charge in [-0.2, -0.15) is 4.80 Å². The number of hydrogen-bond acceptors (Lipinski definition) is 8. The molecule has 0 spiro atoms. The summed E-state index contributed by atoms with van der Waals surface area (Å²) in [5.74, 6) is 1.31. The van der Waals surface area contributed by atoms with E-state index in [1.54, 1.807) is 24.3 Å². The van der Waals surface area contributed by atoms with Gasteiger partial charge in [-0.05, 0) is 62.6 Å². The van der Waals surface area contributed by atoms with Crippen LogP contribution in [0, 0.1) is 6.92 Å². The summed E-state index contributed by atoms with van der Waals surface area (Å²) >= 11 is 0. The quantitative estimate of drug-likeness (QED) is 0.389. The summed E-state index contributed by atoms with van der Waals surface area (Å²) in [6.45, 7) is 4.91. The molecule has 1 atom stereocenters. The van der Waals surface area contributed by atoms with Gasteiger partial charge in [0.1, 0.15) is 18.1 Å². The van der Waals surface area contributed by atoms with E-state index in [0.29, 0.717) is 37.7 Å². The van der Waals surface area contributed by atoms with Crippen molar-refractivity contribution in [3.8, 4) is 11.6 Å². The molecule has 2 amide bonds. The number of ether oxygens (including phenoxy) is 1. The van der Waals surface area contributed by atoms with E-state index in [1.807, 2.05) is 13.8 Å². The lowest BCUT2D eigenvalue weighted by Gasteiger charge is -2.30. The molecule has 1 saturated carbocycles. The van der Waals surface area contributed by atoms with Crippen LogP contribution >= 0.6 is 0 Å². The lowest BCUT2D eigenvalue weighted by molar-refractivity contribution is -0.143. The average molecular weight is 485 g/mol. The number of amides is 2. The Kier molecular flexibility index (Phi) is 8.30. The molecule has 0 saturated heterocycles. The maximum absolute atomic E-state index is 13.5. The molecule has 1 N–H and O–H groups in total. The lowest BCUT2D eigenvalue weighted by Crippen LogP contribution is -2.47. The third-order valence-electron chi connectivity index (χ3n) is 5.98. The van der Waals surface area contributed by atoms with E-state index in [-0.39, 0.29) is 30.2 Å². The van der Waals surface area contributed by atoms with E-state index in [1.165, 1.54) is 16.0 Å². The normalized spacial score (nSPS) is 14.8. The van der Waals surface area contributed by atoms with Gasteiger partial charge in [0.25, 0.3) is 5.91 Å². The number of nitrogens with one attached hydrogen (secondary N) is 1. The number of rotatable bonds is 12. The van der Waals surface area contributed by atoms with Crippen LogP contribution in [0.3, 0.4) is 0 Å². The van der Waals surface area contributed by atoms with Crippen LogP contribution in [0.15, 0.2) is 39.4 Å². The molecule has 3 aromatic heterocycles. The Morgan fingerprint density at radius 2 is 2.11 bits per heavy atom. The van der Waals surface area contributed by atoms with E-state index in [0.717, 1.165) is 31.4 Å². The summed E-state index contributed by atoms with van der Waals surface area (Å²) < 4.78 is 16.6. The van der Waals surface area contributed by atoms with Crippen LogP contribution in [0.1, 0.15) is 56.6 Å². The van der Waals surface area contributed by atoms with Gasteiger partial charge in [-0.1, -0.05) is 12.8 Å². The monoisotopic (exact) mass is 484 g/mol. The summed E-state index contributed by atoms with van der Waals surface area (Å²) in [6, 6.07) is 6.18. The zero-order valence-electron chi connectivity index (χ0n) is 20.2. The van der Waals surface area contributed by atoms with Gasteiger partial charge in [-0.25, -0.2) is 0 Å². The molecular weight excluding hydrogens is 452 g/mol. The van der Waals surface area contributed by atoms with Crippen molar-refractivity contribution in [2.45, 2.75) is 64.6 Å². The van der Waals surface area contributed by atoms with Crippen molar-refractivity contribution in [3.63, 3.8) is 0 Å². The SMILES string of the molecule is CCOCCCN(C(=O)Cn1nnc(-c2ccc(C)o2)n1)[C@@H](C(=O)NC1CCCC1)c1ccco1. The van der Waals surface area contributed by atoms with E-state index >= 15 is 0 Å². The fourth-order valence-corrected chi connectivity index (χ4v) is 4.28. The Balaban J connectivity index is 1.54. The first-order valence-corrected chi connectivity index (χ1v) is 12.1. The number of hydrogen-bond donors (Lipinski definition) is 1. The van der Waals surface area contributed by atoms with Gasteiger partial charge in [-0.15, -0.1) is 10.2 Å². The molecule has 11 nitrogen and oxygen atoms in total. The van der Waals surface area contributed by atoms with Gasteiger partial charge in [0.05, 0.1) is 6.26 Å². The number of tetrazole rings is 1. The molecule has 3 aromatic rings. The molecule has 0 unspecified atom stereocenters. The molecule has 4 rings (SSSR count). The number of carbonyl (C=O) groups is 2. The topological polar surface area (TPSA) is 129 Å². The molecule has 1 fully saturated rings. The van der Waals surface area contributed by atoms with Crippen molar-refractivity contribution in [2.75, 3.05) is 19.8 Å². The maximum atomic E-state index is 13.5. The maximum Gasteiger partial charge on any atom is 0.250 e. The molecule has 0 aliphatic heterocycles. The van der Waals surface area contributed by atoms with Gasteiger partial charge >= 0.3 is 0 Å². The lowest BCUT2D eigenvalue weighted by atomic mass is 10.1. The fraction of sp³-hybridized carbons (Fsp3) is 0.542. The number of aromatic nitrogens is 4. The predicted molar refractivity (Wildman–Crippen MR) is 125 cm³/mol. The molecule has 0 bridgehead atoms. The number of aryl methyl sites for hydroxylation is 1. The Morgan fingerprint density at radius 3 is 2.80 bits per heavy atom. The smallest absolute Gasteiger partial charge is 0.250 e. The van der Waals surface area contributed by atoms with Crippen molar-refractivity contribution in [1.29, 1.82) is 0 Å². The summed E-state index contributed by atoms with van der Waals surface area (Å²) in [5.41, 5.74) is 0. The van der Waals surface area contributed by atoms with E-state index in [2.05, 4.69) is 20.7 Å². The first-order chi connectivity index (χ1) is 17.0. The van der Waals surface area contributed by atoms with Crippen molar-refractivity contribution in [2.24, 2.45) is 0 Å². The van der Waals surface area contributed by atoms with Gasteiger partial charge < -0.3 is 23.8 Å². The summed E-state index contributed by atoms with van der Waals surface area (Å²) in [7, 11) is 0. The molecule has 1 aliphatic rings. The van der Waals surface area contributed by atoms with E-state index < -0.39 is 6.04 Å². The van der Waals surface area contributed by atoms with Crippen molar-refractivity contribution in [3.05, 3.63) is 42.0 Å².